The summed E-state index contributed by atoms with van der Waals surface area (Å²) < 4.78 is 0. The van der Waals surface area contributed by atoms with Crippen LogP contribution in [0.3, 0.4) is 0 Å². The number of primary amides is 1. The second kappa shape index (κ2) is 10.1. The number of nitrogens with one attached hydrogen (secondary N) is 1. The number of para-hydroxylation sites is 2. The van der Waals surface area contributed by atoms with Crippen molar-refractivity contribution in [2.24, 2.45) is 5.73 Å². The maximum atomic E-state index is 14.0. The van der Waals surface area contributed by atoms with E-state index < -0.39 is 5.91 Å². The first-order valence-corrected chi connectivity index (χ1v) is 13.2. The third-order valence-electron chi connectivity index (χ3n) is 7.62. The summed E-state index contributed by atoms with van der Waals surface area (Å²) in [4.78, 5) is 33.9. The molecule has 194 valence electrons. The maximum absolute atomic E-state index is 14.0. The summed E-state index contributed by atoms with van der Waals surface area (Å²) >= 11 is 0. The zero-order valence-corrected chi connectivity index (χ0v) is 21.8. The summed E-state index contributed by atoms with van der Waals surface area (Å²) in [5.41, 5.74) is 12.3. The molecule has 1 unspecified atom stereocenters. The fourth-order valence-electron chi connectivity index (χ4n) is 5.51. The number of nitrogens with two attached hydrogens (primary N) is 1. The van der Waals surface area contributed by atoms with E-state index in [-0.39, 0.29) is 11.9 Å². The quantitative estimate of drug-likeness (QED) is 0.286. The molecule has 39 heavy (non-hydrogen) atoms. The number of hydrogen-bond donors (Lipinski definition) is 2. The van der Waals surface area contributed by atoms with Gasteiger partial charge in [-0.3, -0.25) is 9.59 Å². The summed E-state index contributed by atoms with van der Waals surface area (Å²) in [6.45, 7) is 3.53. The van der Waals surface area contributed by atoms with Gasteiger partial charge in [0.25, 0.3) is 5.91 Å². The van der Waals surface area contributed by atoms with Gasteiger partial charge >= 0.3 is 0 Å². The highest BCUT2D eigenvalue weighted by Gasteiger charge is 2.29. The van der Waals surface area contributed by atoms with Crippen LogP contribution in [-0.2, 0) is 6.54 Å². The lowest BCUT2D eigenvalue weighted by Gasteiger charge is -2.31. The number of fused-ring (bicyclic) bond motifs is 2. The number of rotatable bonds is 5. The van der Waals surface area contributed by atoms with Gasteiger partial charge in [-0.15, -0.1) is 0 Å². The van der Waals surface area contributed by atoms with E-state index in [1.807, 2.05) is 65.7 Å². The first kappa shape index (κ1) is 24.5. The predicted octanol–water partition coefficient (Wildman–Crippen LogP) is 6.38. The average molecular weight is 515 g/mol. The number of hydrogen-bond acceptors (Lipinski definition) is 3. The minimum absolute atomic E-state index is 0.147. The largest absolute Gasteiger partial charge is 0.366 e. The Hall–Kier alpha value is -4.84. The lowest BCUT2D eigenvalue weighted by atomic mass is 9.95. The average Bonchev–Trinajstić information content (AvgIpc) is 3.39. The molecular formula is C33H30N4O2. The highest BCUT2D eigenvalue weighted by molar-refractivity contribution is 6.10. The predicted molar refractivity (Wildman–Crippen MR) is 157 cm³/mol. The molecule has 3 N–H and O–H groups in total. The van der Waals surface area contributed by atoms with E-state index in [1.54, 1.807) is 12.1 Å². The Kier molecular flexibility index (Phi) is 6.37. The van der Waals surface area contributed by atoms with Crippen molar-refractivity contribution < 1.29 is 9.59 Å². The number of amides is 2. The molecule has 5 aromatic rings. The van der Waals surface area contributed by atoms with Crippen LogP contribution >= 0.6 is 0 Å². The summed E-state index contributed by atoms with van der Waals surface area (Å²) in [5, 5.41) is 1.04. The van der Waals surface area contributed by atoms with Crippen LogP contribution in [0, 0.1) is 0 Å². The number of carbonyl (C=O) groups excluding carboxylic acids is 2. The standard InChI is InChI=1S/C33H30N4O2/c1-22-16-18-36(30-9-5-6-10-31(30)37(22)21-23-7-3-2-4-8-23)33(39)26-11-13-27(28(20-26)32(34)38)24-12-14-29-25(19-24)15-17-35-29/h2-15,17,19-20,22,35H,16,18,21H2,1H3,(H2,34,38). The smallest absolute Gasteiger partial charge is 0.258 e. The Morgan fingerprint density at radius 1 is 0.897 bits per heavy atom. The molecule has 2 amide bonds. The number of benzene rings is 4. The third-order valence-corrected chi connectivity index (χ3v) is 7.62. The molecule has 0 aliphatic carbocycles. The lowest BCUT2D eigenvalue weighted by Crippen LogP contribution is -2.33. The van der Waals surface area contributed by atoms with Crippen molar-refractivity contribution >= 4 is 34.1 Å². The van der Waals surface area contributed by atoms with E-state index in [9.17, 15) is 9.59 Å². The van der Waals surface area contributed by atoms with Gasteiger partial charge in [-0.1, -0.05) is 54.6 Å². The van der Waals surface area contributed by atoms with Crippen LogP contribution in [0.5, 0.6) is 0 Å². The van der Waals surface area contributed by atoms with E-state index in [1.165, 1.54) is 5.56 Å². The Balaban J connectivity index is 1.36. The van der Waals surface area contributed by atoms with Crippen LogP contribution in [0.4, 0.5) is 11.4 Å². The monoisotopic (exact) mass is 514 g/mol. The third kappa shape index (κ3) is 4.66. The summed E-state index contributed by atoms with van der Waals surface area (Å²) in [5.74, 6) is -0.709. The number of carbonyl (C=O) groups is 2. The summed E-state index contributed by atoms with van der Waals surface area (Å²) in [6.07, 6.45) is 2.69. The van der Waals surface area contributed by atoms with Gasteiger partial charge in [0.05, 0.1) is 11.4 Å². The second-order valence-corrected chi connectivity index (χ2v) is 10.1. The lowest BCUT2D eigenvalue weighted by molar-refractivity contribution is 0.0987. The molecule has 0 spiro atoms. The fraction of sp³-hybridized carbons (Fsp3) is 0.152. The van der Waals surface area contributed by atoms with Crippen molar-refractivity contribution in [2.75, 3.05) is 16.3 Å². The van der Waals surface area contributed by atoms with E-state index in [4.69, 9.17) is 5.73 Å². The van der Waals surface area contributed by atoms with E-state index in [0.29, 0.717) is 23.2 Å². The van der Waals surface area contributed by atoms with Crippen LogP contribution in [0.2, 0.25) is 0 Å². The minimum atomic E-state index is -0.562. The van der Waals surface area contributed by atoms with Gasteiger partial charge in [0, 0.05) is 42.0 Å². The van der Waals surface area contributed by atoms with Crippen LogP contribution < -0.4 is 15.5 Å². The van der Waals surface area contributed by atoms with Gasteiger partial charge in [0.15, 0.2) is 0 Å². The van der Waals surface area contributed by atoms with E-state index >= 15 is 0 Å². The minimum Gasteiger partial charge on any atom is -0.366 e. The summed E-state index contributed by atoms with van der Waals surface area (Å²) in [6, 6.07) is 31.9. The molecule has 1 atom stereocenters. The van der Waals surface area contributed by atoms with Crippen molar-refractivity contribution in [2.45, 2.75) is 25.9 Å². The normalized spacial score (nSPS) is 15.2. The zero-order valence-electron chi connectivity index (χ0n) is 21.8. The molecule has 6 nitrogen and oxygen atoms in total. The maximum Gasteiger partial charge on any atom is 0.258 e. The number of nitrogens with zero attached hydrogens (tertiary/aromatic N) is 2. The fourth-order valence-corrected chi connectivity index (χ4v) is 5.51. The molecule has 6 heteroatoms. The van der Waals surface area contributed by atoms with Crippen molar-refractivity contribution in [1.29, 1.82) is 0 Å². The van der Waals surface area contributed by atoms with Crippen LogP contribution in [-0.4, -0.2) is 29.4 Å². The molecule has 0 fully saturated rings. The van der Waals surface area contributed by atoms with Crippen molar-refractivity contribution in [3.05, 3.63) is 120 Å². The molecular weight excluding hydrogens is 484 g/mol. The molecule has 4 aromatic carbocycles. The van der Waals surface area contributed by atoms with Crippen LogP contribution in [0.15, 0.2) is 103 Å². The molecule has 1 aromatic heterocycles. The van der Waals surface area contributed by atoms with Crippen molar-refractivity contribution in [1.82, 2.24) is 4.98 Å². The van der Waals surface area contributed by atoms with Gasteiger partial charge in [-0.2, -0.15) is 0 Å². The van der Waals surface area contributed by atoms with Gasteiger partial charge in [0.2, 0.25) is 5.91 Å². The van der Waals surface area contributed by atoms with Gasteiger partial charge < -0.3 is 20.5 Å². The van der Waals surface area contributed by atoms with Gasteiger partial charge in [-0.05, 0) is 77.9 Å². The molecule has 6 rings (SSSR count). The van der Waals surface area contributed by atoms with Crippen molar-refractivity contribution in [3.8, 4) is 11.1 Å². The molecule has 0 saturated heterocycles. The molecule has 0 radical (unpaired) electrons. The van der Waals surface area contributed by atoms with E-state index in [2.05, 4.69) is 47.1 Å². The topological polar surface area (TPSA) is 82.4 Å². The Morgan fingerprint density at radius 2 is 1.67 bits per heavy atom. The number of aromatic nitrogens is 1. The number of aromatic amines is 1. The first-order chi connectivity index (χ1) is 19.0. The number of H-pyrrole nitrogens is 1. The molecule has 0 saturated carbocycles. The highest BCUT2D eigenvalue weighted by Crippen LogP contribution is 2.37. The Labute approximate surface area is 227 Å². The Morgan fingerprint density at radius 3 is 2.46 bits per heavy atom. The van der Waals surface area contributed by atoms with Crippen LogP contribution in [0.25, 0.3) is 22.0 Å². The van der Waals surface area contributed by atoms with Crippen LogP contribution in [0.1, 0.15) is 39.6 Å². The molecule has 2 heterocycles. The molecule has 1 aliphatic rings. The number of anilines is 2. The zero-order chi connectivity index (χ0) is 26.9. The van der Waals surface area contributed by atoms with Gasteiger partial charge in [0.1, 0.15) is 0 Å². The second-order valence-electron chi connectivity index (χ2n) is 10.1. The van der Waals surface area contributed by atoms with Gasteiger partial charge in [-0.25, -0.2) is 0 Å². The summed E-state index contributed by atoms with van der Waals surface area (Å²) in [7, 11) is 0. The first-order valence-electron chi connectivity index (χ1n) is 13.2. The molecule has 1 aliphatic heterocycles. The van der Waals surface area contributed by atoms with Crippen molar-refractivity contribution in [3.63, 3.8) is 0 Å². The molecule has 0 bridgehead atoms. The van der Waals surface area contributed by atoms with E-state index in [0.717, 1.165) is 40.8 Å². The SMILES string of the molecule is CC1CCN(C(=O)c2ccc(-c3ccc4[nH]ccc4c3)c(C(N)=O)c2)c2ccccc2N1Cc1ccccc1. The Bertz CT molecular complexity index is 1670. The highest BCUT2D eigenvalue weighted by atomic mass is 16.2.